The smallest absolute Gasteiger partial charge is 0.136 e. The normalized spacial score (nSPS) is 16.4. The Labute approximate surface area is 100 Å². The van der Waals surface area contributed by atoms with Crippen LogP contribution >= 0.6 is 0 Å². The first kappa shape index (κ1) is 10.4. The fraction of sp³-hybridized carbons (Fsp3) is 0.308. The second-order valence-corrected chi connectivity index (χ2v) is 4.35. The molecule has 1 aliphatic heterocycles. The van der Waals surface area contributed by atoms with Crippen LogP contribution in [-0.2, 0) is 0 Å². The van der Waals surface area contributed by atoms with E-state index in [0.717, 1.165) is 43.1 Å². The number of nitrogens with zero attached hydrogens (tertiary/aromatic N) is 2. The number of nitrogens with two attached hydrogens (primary N) is 1. The van der Waals surface area contributed by atoms with Gasteiger partial charge in [-0.1, -0.05) is 6.07 Å². The van der Waals surface area contributed by atoms with Crippen molar-refractivity contribution >= 4 is 22.3 Å². The maximum absolute atomic E-state index is 5.86. The second-order valence-electron chi connectivity index (χ2n) is 4.35. The van der Waals surface area contributed by atoms with Gasteiger partial charge in [0.05, 0.1) is 0 Å². The Bertz CT molecular complexity index is 532. The summed E-state index contributed by atoms with van der Waals surface area (Å²) in [6.45, 7) is 4.03. The summed E-state index contributed by atoms with van der Waals surface area (Å²) in [4.78, 5) is 6.83. The van der Waals surface area contributed by atoms with E-state index in [1.54, 1.807) is 0 Å². The van der Waals surface area contributed by atoms with E-state index in [-0.39, 0.29) is 0 Å². The van der Waals surface area contributed by atoms with Gasteiger partial charge in [-0.25, -0.2) is 4.98 Å². The SMILES string of the molecule is Nc1ccc2ccnc(N3CCNCC3)c2c1. The Morgan fingerprint density at radius 1 is 1.18 bits per heavy atom. The maximum atomic E-state index is 5.86. The van der Waals surface area contributed by atoms with E-state index >= 15 is 0 Å². The molecule has 1 aromatic heterocycles. The Morgan fingerprint density at radius 3 is 2.82 bits per heavy atom. The van der Waals surface area contributed by atoms with Gasteiger partial charge < -0.3 is 16.0 Å². The predicted molar refractivity (Wildman–Crippen MR) is 71.2 cm³/mol. The molecule has 3 rings (SSSR count). The van der Waals surface area contributed by atoms with Gasteiger partial charge in [0, 0.05) is 43.4 Å². The Balaban J connectivity index is 2.11. The van der Waals surface area contributed by atoms with Gasteiger partial charge in [0.25, 0.3) is 0 Å². The monoisotopic (exact) mass is 228 g/mol. The van der Waals surface area contributed by atoms with E-state index < -0.39 is 0 Å². The van der Waals surface area contributed by atoms with Crippen molar-refractivity contribution in [2.45, 2.75) is 0 Å². The fourth-order valence-corrected chi connectivity index (χ4v) is 2.30. The molecule has 4 nitrogen and oxygen atoms in total. The molecule has 1 aliphatic rings. The number of nitrogen functional groups attached to an aromatic ring is 1. The molecule has 0 saturated carbocycles. The molecule has 0 aliphatic carbocycles. The molecule has 1 saturated heterocycles. The predicted octanol–water partition coefficient (Wildman–Crippen LogP) is 1.23. The molecule has 1 aromatic carbocycles. The third kappa shape index (κ3) is 1.91. The Morgan fingerprint density at radius 2 is 2.00 bits per heavy atom. The molecule has 3 N–H and O–H groups in total. The zero-order valence-corrected chi connectivity index (χ0v) is 9.69. The van der Waals surface area contributed by atoms with Crippen molar-refractivity contribution in [2.75, 3.05) is 36.8 Å². The van der Waals surface area contributed by atoms with Crippen molar-refractivity contribution in [3.8, 4) is 0 Å². The number of fused-ring (bicyclic) bond motifs is 1. The van der Waals surface area contributed by atoms with Crippen LogP contribution in [0.25, 0.3) is 10.8 Å². The van der Waals surface area contributed by atoms with E-state index in [0.29, 0.717) is 0 Å². The first-order valence-corrected chi connectivity index (χ1v) is 5.94. The van der Waals surface area contributed by atoms with E-state index in [9.17, 15) is 0 Å². The average molecular weight is 228 g/mol. The van der Waals surface area contributed by atoms with Gasteiger partial charge in [-0.15, -0.1) is 0 Å². The van der Waals surface area contributed by atoms with E-state index in [1.165, 1.54) is 5.39 Å². The summed E-state index contributed by atoms with van der Waals surface area (Å²) in [5, 5.41) is 5.69. The molecule has 2 aromatic rings. The molecule has 0 radical (unpaired) electrons. The van der Waals surface area contributed by atoms with Gasteiger partial charge in [0.1, 0.15) is 5.82 Å². The lowest BCUT2D eigenvalue weighted by Gasteiger charge is -2.29. The molecule has 0 atom stereocenters. The van der Waals surface area contributed by atoms with Crippen LogP contribution in [0.15, 0.2) is 30.5 Å². The van der Waals surface area contributed by atoms with Gasteiger partial charge in [-0.05, 0) is 23.6 Å². The zero-order chi connectivity index (χ0) is 11.7. The number of pyridine rings is 1. The second kappa shape index (κ2) is 4.22. The zero-order valence-electron chi connectivity index (χ0n) is 9.69. The highest BCUT2D eigenvalue weighted by Crippen LogP contribution is 2.26. The first-order valence-electron chi connectivity index (χ1n) is 5.94. The van der Waals surface area contributed by atoms with Crippen molar-refractivity contribution in [3.63, 3.8) is 0 Å². The highest BCUT2D eigenvalue weighted by Gasteiger charge is 2.14. The van der Waals surface area contributed by atoms with E-state index in [2.05, 4.69) is 21.3 Å². The number of hydrogen-bond acceptors (Lipinski definition) is 4. The number of rotatable bonds is 1. The molecular weight excluding hydrogens is 212 g/mol. The minimum absolute atomic E-state index is 0.793. The summed E-state index contributed by atoms with van der Waals surface area (Å²) in [7, 11) is 0. The lowest BCUT2D eigenvalue weighted by atomic mass is 10.1. The van der Waals surface area contributed by atoms with Gasteiger partial charge in [-0.2, -0.15) is 0 Å². The molecule has 4 heteroatoms. The number of piperazine rings is 1. The van der Waals surface area contributed by atoms with E-state index in [4.69, 9.17) is 5.73 Å². The highest BCUT2D eigenvalue weighted by molar-refractivity contribution is 5.94. The minimum atomic E-state index is 0.793. The van der Waals surface area contributed by atoms with Crippen LogP contribution < -0.4 is 16.0 Å². The van der Waals surface area contributed by atoms with Crippen molar-refractivity contribution < 1.29 is 0 Å². The van der Waals surface area contributed by atoms with Gasteiger partial charge in [-0.3, -0.25) is 0 Å². The molecule has 17 heavy (non-hydrogen) atoms. The largest absolute Gasteiger partial charge is 0.399 e. The van der Waals surface area contributed by atoms with Gasteiger partial charge in [0.2, 0.25) is 0 Å². The van der Waals surface area contributed by atoms with Crippen LogP contribution in [0, 0.1) is 0 Å². The van der Waals surface area contributed by atoms with Crippen LogP contribution in [-0.4, -0.2) is 31.2 Å². The highest BCUT2D eigenvalue weighted by atomic mass is 15.2. The number of benzene rings is 1. The topological polar surface area (TPSA) is 54.2 Å². The summed E-state index contributed by atoms with van der Waals surface area (Å²) in [5.41, 5.74) is 6.66. The van der Waals surface area contributed by atoms with Crippen molar-refractivity contribution in [2.24, 2.45) is 0 Å². The summed E-state index contributed by atoms with van der Waals surface area (Å²) in [6.07, 6.45) is 1.87. The van der Waals surface area contributed by atoms with Crippen LogP contribution in [0.5, 0.6) is 0 Å². The maximum Gasteiger partial charge on any atom is 0.136 e. The number of hydrogen-bond donors (Lipinski definition) is 2. The molecular formula is C13H16N4. The number of aromatic nitrogens is 1. The van der Waals surface area contributed by atoms with Crippen molar-refractivity contribution in [1.82, 2.24) is 10.3 Å². The molecule has 1 fully saturated rings. The summed E-state index contributed by atoms with van der Waals surface area (Å²) in [5.74, 6) is 1.05. The average Bonchev–Trinajstić information content (AvgIpc) is 2.39. The van der Waals surface area contributed by atoms with Crippen LogP contribution in [0.2, 0.25) is 0 Å². The van der Waals surface area contributed by atoms with Gasteiger partial charge in [0.15, 0.2) is 0 Å². The van der Waals surface area contributed by atoms with Crippen LogP contribution in [0.1, 0.15) is 0 Å². The lowest BCUT2D eigenvalue weighted by molar-refractivity contribution is 0.586. The van der Waals surface area contributed by atoms with Crippen molar-refractivity contribution in [1.29, 1.82) is 0 Å². The standard InChI is InChI=1S/C13H16N4/c14-11-2-1-10-3-4-16-13(12(10)9-11)17-7-5-15-6-8-17/h1-4,9,15H,5-8,14H2. The summed E-state index contributed by atoms with van der Waals surface area (Å²) in [6, 6.07) is 8.03. The van der Waals surface area contributed by atoms with Gasteiger partial charge >= 0.3 is 0 Å². The summed E-state index contributed by atoms with van der Waals surface area (Å²) >= 11 is 0. The first-order chi connectivity index (χ1) is 8.34. The van der Waals surface area contributed by atoms with E-state index in [1.807, 2.05) is 24.4 Å². The molecule has 0 bridgehead atoms. The number of anilines is 2. The quantitative estimate of drug-likeness (QED) is 0.721. The third-order valence-corrected chi connectivity index (χ3v) is 3.19. The molecule has 0 unspecified atom stereocenters. The number of nitrogens with one attached hydrogen (secondary N) is 1. The van der Waals surface area contributed by atoms with Crippen LogP contribution in [0.3, 0.4) is 0 Å². The molecule has 0 spiro atoms. The molecule has 88 valence electrons. The lowest BCUT2D eigenvalue weighted by Crippen LogP contribution is -2.43. The Hall–Kier alpha value is -1.81. The summed E-state index contributed by atoms with van der Waals surface area (Å²) < 4.78 is 0. The molecule has 0 amide bonds. The Kier molecular flexibility index (Phi) is 2.57. The van der Waals surface area contributed by atoms with Crippen molar-refractivity contribution in [3.05, 3.63) is 30.5 Å². The van der Waals surface area contributed by atoms with Crippen LogP contribution in [0.4, 0.5) is 11.5 Å². The minimum Gasteiger partial charge on any atom is -0.399 e. The molecule has 2 heterocycles. The fourth-order valence-electron chi connectivity index (χ4n) is 2.30. The third-order valence-electron chi connectivity index (χ3n) is 3.19.